The van der Waals surface area contributed by atoms with Crippen molar-refractivity contribution < 1.29 is 8.42 Å². The maximum Gasteiger partial charge on any atom is 0.244 e. The molecule has 1 aromatic heterocycles. The number of hydrogen-bond acceptors (Lipinski definition) is 4. The Hall–Kier alpha value is -0.690. The van der Waals surface area contributed by atoms with Crippen LogP contribution in [0.25, 0.3) is 0 Å². The van der Waals surface area contributed by atoms with Gasteiger partial charge in [0, 0.05) is 24.5 Å². The van der Waals surface area contributed by atoms with Crippen molar-refractivity contribution in [2.75, 3.05) is 20.1 Å². The van der Waals surface area contributed by atoms with Gasteiger partial charge >= 0.3 is 0 Å². The van der Waals surface area contributed by atoms with E-state index in [-0.39, 0.29) is 0 Å². The lowest BCUT2D eigenvalue weighted by molar-refractivity contribution is 0.437. The van der Waals surface area contributed by atoms with Crippen LogP contribution < -0.4 is 5.32 Å². The maximum atomic E-state index is 12.4. The molecule has 0 amide bonds. The molecule has 1 aliphatic heterocycles. The standard InChI is InChI=1S/C11H16N2O2S2/c1-12-9-10-11(5-8-16-10)17(14,15)13-6-3-2-4-7-13/h2-3,5,8,12H,4,6-7,9H2,1H3. The summed E-state index contributed by atoms with van der Waals surface area (Å²) in [4.78, 5) is 1.33. The van der Waals surface area contributed by atoms with Gasteiger partial charge in [0.15, 0.2) is 0 Å². The Morgan fingerprint density at radius 1 is 1.47 bits per heavy atom. The van der Waals surface area contributed by atoms with E-state index in [0.717, 1.165) is 11.3 Å². The van der Waals surface area contributed by atoms with E-state index >= 15 is 0 Å². The normalized spacial score (nSPS) is 17.5. The highest BCUT2D eigenvalue weighted by atomic mass is 32.2. The Bertz CT molecular complexity index is 505. The molecule has 1 aliphatic rings. The molecule has 0 aromatic carbocycles. The van der Waals surface area contributed by atoms with Gasteiger partial charge < -0.3 is 5.32 Å². The second-order valence-electron chi connectivity index (χ2n) is 3.86. The van der Waals surface area contributed by atoms with Crippen LogP contribution in [0.2, 0.25) is 0 Å². The summed E-state index contributed by atoms with van der Waals surface area (Å²) < 4.78 is 26.4. The van der Waals surface area contributed by atoms with Crippen molar-refractivity contribution in [3.8, 4) is 0 Å². The molecule has 0 bridgehead atoms. The zero-order chi connectivity index (χ0) is 12.3. The molecule has 6 heteroatoms. The molecule has 4 nitrogen and oxygen atoms in total. The Balaban J connectivity index is 2.30. The summed E-state index contributed by atoms with van der Waals surface area (Å²) in [6, 6.07) is 1.70. The molecular weight excluding hydrogens is 256 g/mol. The molecule has 17 heavy (non-hydrogen) atoms. The summed E-state index contributed by atoms with van der Waals surface area (Å²) >= 11 is 1.48. The third kappa shape index (κ3) is 2.60. The molecule has 0 atom stereocenters. The number of rotatable bonds is 4. The zero-order valence-electron chi connectivity index (χ0n) is 9.72. The molecular formula is C11H16N2O2S2. The average Bonchev–Trinajstić information content (AvgIpc) is 2.80. The Morgan fingerprint density at radius 2 is 2.29 bits per heavy atom. The number of nitrogens with one attached hydrogen (secondary N) is 1. The van der Waals surface area contributed by atoms with Gasteiger partial charge in [0.25, 0.3) is 0 Å². The molecule has 0 saturated heterocycles. The van der Waals surface area contributed by atoms with Crippen molar-refractivity contribution >= 4 is 21.4 Å². The Morgan fingerprint density at radius 3 is 2.94 bits per heavy atom. The summed E-state index contributed by atoms with van der Waals surface area (Å²) in [5, 5.41) is 4.83. The predicted molar refractivity (Wildman–Crippen MR) is 69.6 cm³/mol. The fourth-order valence-electron chi connectivity index (χ4n) is 1.83. The molecule has 0 fully saturated rings. The first kappa shape index (κ1) is 12.8. The average molecular weight is 272 g/mol. The quantitative estimate of drug-likeness (QED) is 0.843. The van der Waals surface area contributed by atoms with Crippen molar-refractivity contribution in [1.29, 1.82) is 0 Å². The van der Waals surface area contributed by atoms with Crippen molar-refractivity contribution in [2.45, 2.75) is 17.9 Å². The van der Waals surface area contributed by atoms with Gasteiger partial charge in [-0.1, -0.05) is 12.2 Å². The molecule has 0 unspecified atom stereocenters. The van der Waals surface area contributed by atoms with Gasteiger partial charge in [0.2, 0.25) is 10.0 Å². The molecule has 0 spiro atoms. The fraction of sp³-hybridized carbons (Fsp3) is 0.455. The second kappa shape index (κ2) is 5.30. The van der Waals surface area contributed by atoms with Crippen LogP contribution in [-0.2, 0) is 16.6 Å². The van der Waals surface area contributed by atoms with E-state index in [1.807, 2.05) is 24.6 Å². The monoisotopic (exact) mass is 272 g/mol. The molecule has 0 aliphatic carbocycles. The van der Waals surface area contributed by atoms with E-state index in [1.165, 1.54) is 15.6 Å². The number of thiophene rings is 1. The molecule has 2 rings (SSSR count). The van der Waals surface area contributed by atoms with E-state index in [0.29, 0.717) is 24.5 Å². The second-order valence-corrected chi connectivity index (χ2v) is 6.77. The summed E-state index contributed by atoms with van der Waals surface area (Å²) in [6.07, 6.45) is 4.73. The van der Waals surface area contributed by atoms with Crippen LogP contribution in [0.1, 0.15) is 11.3 Å². The zero-order valence-corrected chi connectivity index (χ0v) is 11.4. The molecule has 1 aromatic rings. The van der Waals surface area contributed by atoms with E-state index in [2.05, 4.69) is 5.32 Å². The van der Waals surface area contributed by atoms with Gasteiger partial charge in [-0.05, 0) is 24.9 Å². The van der Waals surface area contributed by atoms with Gasteiger partial charge in [0.1, 0.15) is 0 Å². The van der Waals surface area contributed by atoms with Crippen LogP contribution in [0.4, 0.5) is 0 Å². The van der Waals surface area contributed by atoms with Crippen LogP contribution in [0.3, 0.4) is 0 Å². The number of hydrogen-bond donors (Lipinski definition) is 1. The summed E-state index contributed by atoms with van der Waals surface area (Å²) in [6.45, 7) is 1.65. The van der Waals surface area contributed by atoms with E-state index in [1.54, 1.807) is 6.07 Å². The molecule has 2 heterocycles. The van der Waals surface area contributed by atoms with Crippen molar-refractivity contribution in [3.05, 3.63) is 28.5 Å². The third-order valence-corrected chi connectivity index (χ3v) is 5.68. The summed E-state index contributed by atoms with van der Waals surface area (Å²) in [5.41, 5.74) is 0. The highest BCUT2D eigenvalue weighted by Crippen LogP contribution is 2.26. The van der Waals surface area contributed by atoms with E-state index in [9.17, 15) is 8.42 Å². The summed E-state index contributed by atoms with van der Waals surface area (Å²) in [5.74, 6) is 0. The first-order valence-electron chi connectivity index (χ1n) is 5.52. The van der Waals surface area contributed by atoms with Crippen LogP contribution >= 0.6 is 11.3 Å². The van der Waals surface area contributed by atoms with Crippen molar-refractivity contribution in [3.63, 3.8) is 0 Å². The SMILES string of the molecule is CNCc1sccc1S(=O)(=O)N1CC=CCC1. The lowest BCUT2D eigenvalue weighted by Crippen LogP contribution is -2.34. The van der Waals surface area contributed by atoms with E-state index < -0.39 is 10.0 Å². The Kier molecular flexibility index (Phi) is 3.98. The first-order valence-corrected chi connectivity index (χ1v) is 7.84. The third-order valence-electron chi connectivity index (χ3n) is 2.68. The van der Waals surface area contributed by atoms with Crippen LogP contribution in [0.15, 0.2) is 28.5 Å². The molecule has 0 saturated carbocycles. The molecule has 0 radical (unpaired) electrons. The largest absolute Gasteiger partial charge is 0.315 e. The topological polar surface area (TPSA) is 49.4 Å². The van der Waals surface area contributed by atoms with Gasteiger partial charge in [-0.25, -0.2) is 8.42 Å². The predicted octanol–water partition coefficient (Wildman–Crippen LogP) is 1.42. The number of nitrogens with zero attached hydrogens (tertiary/aromatic N) is 1. The minimum Gasteiger partial charge on any atom is -0.315 e. The minimum absolute atomic E-state index is 0.451. The van der Waals surface area contributed by atoms with Gasteiger partial charge in [-0.3, -0.25) is 0 Å². The smallest absolute Gasteiger partial charge is 0.244 e. The van der Waals surface area contributed by atoms with Crippen LogP contribution in [-0.4, -0.2) is 32.9 Å². The van der Waals surface area contributed by atoms with Gasteiger partial charge in [-0.15, -0.1) is 11.3 Å². The van der Waals surface area contributed by atoms with Crippen molar-refractivity contribution in [2.24, 2.45) is 0 Å². The Labute approximate surface area is 106 Å². The maximum absolute atomic E-state index is 12.4. The van der Waals surface area contributed by atoms with Gasteiger partial charge in [-0.2, -0.15) is 4.31 Å². The van der Waals surface area contributed by atoms with Crippen LogP contribution in [0, 0.1) is 0 Å². The highest BCUT2D eigenvalue weighted by molar-refractivity contribution is 7.89. The minimum atomic E-state index is -3.32. The van der Waals surface area contributed by atoms with Crippen molar-refractivity contribution in [1.82, 2.24) is 9.62 Å². The van der Waals surface area contributed by atoms with Crippen LogP contribution in [0.5, 0.6) is 0 Å². The highest BCUT2D eigenvalue weighted by Gasteiger charge is 2.27. The first-order chi connectivity index (χ1) is 8.16. The fourth-order valence-corrected chi connectivity index (χ4v) is 4.66. The lowest BCUT2D eigenvalue weighted by atomic mass is 10.3. The van der Waals surface area contributed by atoms with E-state index in [4.69, 9.17) is 0 Å². The van der Waals surface area contributed by atoms with Gasteiger partial charge in [0.05, 0.1) is 4.90 Å². The lowest BCUT2D eigenvalue weighted by Gasteiger charge is -2.22. The molecule has 94 valence electrons. The number of sulfonamides is 1. The summed E-state index contributed by atoms with van der Waals surface area (Å²) in [7, 11) is -1.50. The molecule has 1 N–H and O–H groups in total.